The molecule has 0 radical (unpaired) electrons. The van der Waals surface area contributed by atoms with Gasteiger partial charge in [-0.15, -0.1) is 0 Å². The molecule has 0 spiro atoms. The standard InChI is InChI=1S/C16H11NO/c18-17-11-14-7-2-1-5-12(14)9-15(17)10-13-6-3-4-8-16(13)17/h1-11H. The van der Waals surface area contributed by atoms with E-state index in [-0.39, 0.29) is 0 Å². The van der Waals surface area contributed by atoms with E-state index in [0.717, 1.165) is 27.4 Å². The Morgan fingerprint density at radius 2 is 1.50 bits per heavy atom. The zero-order valence-corrected chi connectivity index (χ0v) is 9.71. The Morgan fingerprint density at radius 3 is 2.39 bits per heavy atom. The van der Waals surface area contributed by atoms with E-state index in [2.05, 4.69) is 0 Å². The van der Waals surface area contributed by atoms with Gasteiger partial charge in [-0.2, -0.15) is 0 Å². The predicted octanol–water partition coefficient (Wildman–Crippen LogP) is 2.08. The average Bonchev–Trinajstić information content (AvgIpc) is 2.68. The molecule has 1 unspecified atom stereocenters. The van der Waals surface area contributed by atoms with Crippen molar-refractivity contribution in [2.45, 2.75) is 0 Å². The largest absolute Gasteiger partial charge is 0.617 e. The third-order valence-electron chi connectivity index (χ3n) is 3.60. The number of hydroxylamine groups is 2. The highest BCUT2D eigenvalue weighted by molar-refractivity contribution is 5.88. The summed E-state index contributed by atoms with van der Waals surface area (Å²) in [6.07, 6.45) is 5.75. The molecule has 4 rings (SSSR count). The van der Waals surface area contributed by atoms with Gasteiger partial charge in [0, 0.05) is 29.0 Å². The molecular formula is C16H11NO. The number of rotatable bonds is 0. The van der Waals surface area contributed by atoms with Gasteiger partial charge in [0.05, 0.1) is 0 Å². The Hall–Kier alpha value is -2.16. The van der Waals surface area contributed by atoms with Gasteiger partial charge in [0.25, 0.3) is 0 Å². The average molecular weight is 233 g/mol. The summed E-state index contributed by atoms with van der Waals surface area (Å²) in [5, 5.41) is 15.2. The van der Waals surface area contributed by atoms with E-state index in [1.165, 1.54) is 0 Å². The monoisotopic (exact) mass is 233 g/mol. The first-order valence-electron chi connectivity index (χ1n) is 5.99. The van der Waals surface area contributed by atoms with E-state index in [1.54, 1.807) is 6.20 Å². The molecular weight excluding hydrogens is 222 g/mol. The van der Waals surface area contributed by atoms with E-state index in [9.17, 15) is 5.21 Å². The molecule has 2 nitrogen and oxygen atoms in total. The lowest BCUT2D eigenvalue weighted by Crippen LogP contribution is -2.43. The zero-order valence-electron chi connectivity index (χ0n) is 9.71. The van der Waals surface area contributed by atoms with Crippen molar-refractivity contribution >= 4 is 24.0 Å². The summed E-state index contributed by atoms with van der Waals surface area (Å²) in [4.78, 5) is 0. The summed E-state index contributed by atoms with van der Waals surface area (Å²) in [6, 6.07) is 15.8. The summed E-state index contributed by atoms with van der Waals surface area (Å²) in [5.41, 5.74) is 2.61. The lowest BCUT2D eigenvalue weighted by Gasteiger charge is -2.37. The molecule has 2 heteroatoms. The highest BCUT2D eigenvalue weighted by atomic mass is 16.5. The molecule has 0 fully saturated rings. The molecule has 0 saturated heterocycles. The van der Waals surface area contributed by atoms with Crippen molar-refractivity contribution < 1.29 is 0 Å². The van der Waals surface area contributed by atoms with E-state index in [1.807, 2.05) is 60.7 Å². The van der Waals surface area contributed by atoms with E-state index < -0.39 is 4.65 Å². The van der Waals surface area contributed by atoms with Crippen LogP contribution in [0, 0.1) is 5.21 Å². The van der Waals surface area contributed by atoms with Gasteiger partial charge < -0.3 is 5.21 Å². The Kier molecular flexibility index (Phi) is 1.74. The van der Waals surface area contributed by atoms with Crippen LogP contribution in [0.2, 0.25) is 0 Å². The summed E-state index contributed by atoms with van der Waals surface area (Å²) < 4.78 is -0.465. The molecule has 1 atom stereocenters. The molecule has 0 amide bonds. The molecule has 18 heavy (non-hydrogen) atoms. The van der Waals surface area contributed by atoms with Crippen molar-refractivity contribution in [2.24, 2.45) is 0 Å². The minimum absolute atomic E-state index is 0.465. The van der Waals surface area contributed by atoms with Crippen LogP contribution in [0.5, 0.6) is 0 Å². The molecule has 0 aliphatic carbocycles. The van der Waals surface area contributed by atoms with Crippen molar-refractivity contribution in [3.8, 4) is 0 Å². The lowest BCUT2D eigenvalue weighted by atomic mass is 10.1. The van der Waals surface area contributed by atoms with Crippen LogP contribution < -0.4 is 15.1 Å². The molecule has 2 aliphatic rings. The number of fused-ring (bicyclic) bond motifs is 4. The second-order valence-corrected chi connectivity index (χ2v) is 4.69. The normalized spacial score (nSPS) is 23.1. The third kappa shape index (κ3) is 1.13. The van der Waals surface area contributed by atoms with Crippen molar-refractivity contribution in [1.82, 2.24) is 4.65 Å². The number of nitrogens with zero attached hydrogens (tertiary/aromatic N) is 1. The SMILES string of the molecule is [O-][N+]12C=c3ccccc3=CC1=Cc1ccccc12. The van der Waals surface area contributed by atoms with Gasteiger partial charge in [0.2, 0.25) is 0 Å². The Balaban J connectivity index is 2.11. The maximum Gasteiger partial charge on any atom is 0.150 e. The van der Waals surface area contributed by atoms with Crippen LogP contribution in [0.4, 0.5) is 5.69 Å². The zero-order chi connectivity index (χ0) is 12.2. The quantitative estimate of drug-likeness (QED) is 0.504. The fraction of sp³-hybridized carbons (Fsp3) is 0. The first kappa shape index (κ1) is 9.83. The molecule has 0 aromatic heterocycles. The Labute approximate surface area is 105 Å². The van der Waals surface area contributed by atoms with Gasteiger partial charge in [0.1, 0.15) is 17.6 Å². The molecule has 86 valence electrons. The number of benzene rings is 2. The molecule has 2 aliphatic heterocycles. The van der Waals surface area contributed by atoms with Gasteiger partial charge in [-0.05, 0) is 17.4 Å². The predicted molar refractivity (Wildman–Crippen MR) is 74.2 cm³/mol. The molecule has 2 aromatic rings. The van der Waals surface area contributed by atoms with Crippen molar-refractivity contribution in [2.75, 3.05) is 0 Å². The van der Waals surface area contributed by atoms with Crippen LogP contribution in [0.3, 0.4) is 0 Å². The fourth-order valence-electron chi connectivity index (χ4n) is 2.70. The van der Waals surface area contributed by atoms with Gasteiger partial charge in [-0.25, -0.2) is 0 Å². The molecule has 2 aromatic carbocycles. The maximum absolute atomic E-state index is 13.1. The lowest BCUT2D eigenvalue weighted by molar-refractivity contribution is 0.694. The number of hydrogen-bond acceptors (Lipinski definition) is 1. The molecule has 0 bridgehead atoms. The number of para-hydroxylation sites is 1. The number of hydrogen-bond donors (Lipinski definition) is 0. The second-order valence-electron chi connectivity index (χ2n) is 4.69. The van der Waals surface area contributed by atoms with Crippen LogP contribution in [0.25, 0.3) is 18.4 Å². The smallest absolute Gasteiger partial charge is 0.150 e. The first-order chi connectivity index (χ1) is 8.77. The first-order valence-corrected chi connectivity index (χ1v) is 5.99. The van der Waals surface area contributed by atoms with Crippen molar-refractivity contribution in [3.05, 3.63) is 75.4 Å². The Morgan fingerprint density at radius 1 is 0.778 bits per heavy atom. The van der Waals surface area contributed by atoms with Crippen molar-refractivity contribution in [1.29, 1.82) is 0 Å². The van der Waals surface area contributed by atoms with Crippen LogP contribution in [0.1, 0.15) is 5.56 Å². The third-order valence-corrected chi connectivity index (χ3v) is 3.60. The summed E-state index contributed by atoms with van der Waals surface area (Å²) in [6.45, 7) is 0. The van der Waals surface area contributed by atoms with Gasteiger partial charge in [-0.1, -0.05) is 30.3 Å². The number of quaternary nitrogens is 1. The summed E-state index contributed by atoms with van der Waals surface area (Å²) >= 11 is 0. The van der Waals surface area contributed by atoms with Gasteiger partial charge in [-0.3, -0.25) is 4.65 Å². The van der Waals surface area contributed by atoms with Gasteiger partial charge >= 0.3 is 0 Å². The van der Waals surface area contributed by atoms with Crippen LogP contribution in [0.15, 0.2) is 54.2 Å². The number of allylic oxidation sites excluding steroid dienone is 1. The molecule has 2 heterocycles. The van der Waals surface area contributed by atoms with Crippen LogP contribution in [-0.4, -0.2) is 0 Å². The Bertz CT molecular complexity index is 804. The summed E-state index contributed by atoms with van der Waals surface area (Å²) in [5.74, 6) is 0. The molecule has 0 saturated carbocycles. The van der Waals surface area contributed by atoms with Crippen LogP contribution >= 0.6 is 0 Å². The van der Waals surface area contributed by atoms with Crippen LogP contribution in [-0.2, 0) is 0 Å². The minimum atomic E-state index is -0.465. The minimum Gasteiger partial charge on any atom is -0.617 e. The highest BCUT2D eigenvalue weighted by Crippen LogP contribution is 2.41. The van der Waals surface area contributed by atoms with Gasteiger partial charge in [0.15, 0.2) is 0 Å². The van der Waals surface area contributed by atoms with E-state index in [4.69, 9.17) is 0 Å². The van der Waals surface area contributed by atoms with Crippen molar-refractivity contribution in [3.63, 3.8) is 0 Å². The topological polar surface area (TPSA) is 23.1 Å². The van der Waals surface area contributed by atoms with E-state index in [0.29, 0.717) is 0 Å². The highest BCUT2D eigenvalue weighted by Gasteiger charge is 2.32. The molecule has 0 N–H and O–H groups in total. The second kappa shape index (κ2) is 3.19. The van der Waals surface area contributed by atoms with E-state index >= 15 is 0 Å². The summed E-state index contributed by atoms with van der Waals surface area (Å²) in [7, 11) is 0. The fourth-order valence-corrected chi connectivity index (χ4v) is 2.70. The maximum atomic E-state index is 13.1.